The lowest BCUT2D eigenvalue weighted by Crippen LogP contribution is -2.53. The Bertz CT molecular complexity index is 1010. The fourth-order valence-electron chi connectivity index (χ4n) is 11.1. The van der Waals surface area contributed by atoms with Crippen LogP contribution in [0.1, 0.15) is 386 Å². The quantitative estimate of drug-likeness (QED) is 0.0390. The first-order valence-corrected chi connectivity index (χ1v) is 33.4. The first kappa shape index (κ1) is 71.3. The van der Waals surface area contributed by atoms with Gasteiger partial charge in [0.25, 0.3) is 0 Å². The van der Waals surface area contributed by atoms with Crippen molar-refractivity contribution < 1.29 is 25.2 Å². The molecule has 4 atom stereocenters. The van der Waals surface area contributed by atoms with Gasteiger partial charge in [0.15, 0.2) is 0 Å². The fourth-order valence-corrected chi connectivity index (χ4v) is 11.1. The topological polar surface area (TPSA) is 110 Å². The van der Waals surface area contributed by atoms with Gasteiger partial charge in [-0.15, -0.1) is 0 Å². The number of unbranched alkanes of at least 4 members (excludes halogenated alkanes) is 54. The molecule has 0 saturated heterocycles. The van der Waals surface area contributed by atoms with Crippen molar-refractivity contribution in [3.8, 4) is 0 Å². The van der Waals surface area contributed by atoms with E-state index < -0.39 is 36.9 Å². The molecule has 6 nitrogen and oxygen atoms in total. The van der Waals surface area contributed by atoms with Gasteiger partial charge in [-0.25, -0.2) is 0 Å². The number of amides is 1. The third-order valence-corrected chi connectivity index (χ3v) is 16.3. The third kappa shape index (κ3) is 54.1. The van der Waals surface area contributed by atoms with Crippen molar-refractivity contribution in [2.75, 3.05) is 6.61 Å². The highest BCUT2D eigenvalue weighted by Crippen LogP contribution is 2.20. The van der Waals surface area contributed by atoms with Gasteiger partial charge in [0.05, 0.1) is 18.8 Å². The van der Waals surface area contributed by atoms with Crippen LogP contribution in [0, 0.1) is 0 Å². The lowest BCUT2D eigenvalue weighted by Gasteiger charge is -2.27. The fraction of sp³-hybridized carbons (Fsp3) is 0.985. The van der Waals surface area contributed by atoms with Gasteiger partial charge in [0.1, 0.15) is 12.2 Å². The SMILES string of the molecule is CCCCCCCCCCCCCCCCCCCCCCCCCCCCCCCCCCC(O)C(O)C(CO)NC(=O)C(O)CCCCCCCCCCCCCCCCCCCCCCCCCC. The van der Waals surface area contributed by atoms with E-state index in [1.54, 1.807) is 0 Å². The number of hydrogen-bond acceptors (Lipinski definition) is 5. The Morgan fingerprint density at radius 3 is 0.667 bits per heavy atom. The van der Waals surface area contributed by atoms with Crippen molar-refractivity contribution in [1.82, 2.24) is 5.32 Å². The molecule has 0 heterocycles. The summed E-state index contributed by atoms with van der Waals surface area (Å²) in [6.07, 6.45) is 73.6. The molecule has 0 aliphatic heterocycles. The predicted octanol–water partition coefficient (Wildman–Crippen LogP) is 20.2. The summed E-state index contributed by atoms with van der Waals surface area (Å²) in [5, 5.41) is 44.2. The summed E-state index contributed by atoms with van der Waals surface area (Å²) in [5.41, 5.74) is 0. The van der Waals surface area contributed by atoms with Gasteiger partial charge in [0, 0.05) is 0 Å². The van der Waals surface area contributed by atoms with Crippen LogP contribution in [-0.2, 0) is 4.79 Å². The van der Waals surface area contributed by atoms with Crippen molar-refractivity contribution in [2.45, 2.75) is 411 Å². The van der Waals surface area contributed by atoms with Crippen LogP contribution in [0.25, 0.3) is 0 Å². The maximum absolute atomic E-state index is 12.6. The highest BCUT2D eigenvalue weighted by Gasteiger charge is 2.28. The lowest BCUT2D eigenvalue weighted by molar-refractivity contribution is -0.132. The molecule has 5 N–H and O–H groups in total. The maximum Gasteiger partial charge on any atom is 0.249 e. The van der Waals surface area contributed by atoms with Gasteiger partial charge in [-0.05, 0) is 12.8 Å². The minimum atomic E-state index is -1.26. The maximum atomic E-state index is 12.6. The molecule has 1 amide bonds. The molecule has 0 fully saturated rings. The molecule has 4 unspecified atom stereocenters. The predicted molar refractivity (Wildman–Crippen MR) is 316 cm³/mol. The molecule has 0 aromatic heterocycles. The Kier molecular flexibility index (Phi) is 60.6. The Balaban J connectivity index is 3.51. The standard InChI is InChI=1S/C66H133NO5/c1-3-5-7-9-11-13-15-17-19-21-23-25-27-29-30-31-32-33-34-35-36-38-39-41-43-45-47-49-51-53-55-57-59-63(69)65(71)62(61-68)67-66(72)64(70)60-58-56-54-52-50-48-46-44-42-40-37-28-26-24-22-20-18-16-14-12-10-8-6-4-2/h62-65,68-71H,3-61H2,1-2H3,(H,67,72). The number of nitrogens with one attached hydrogen (secondary N) is 1. The minimum Gasteiger partial charge on any atom is -0.394 e. The average Bonchev–Trinajstić information content (AvgIpc) is 3.39. The van der Waals surface area contributed by atoms with Crippen LogP contribution >= 0.6 is 0 Å². The van der Waals surface area contributed by atoms with Crippen LogP contribution < -0.4 is 5.32 Å². The molecule has 0 radical (unpaired) electrons. The third-order valence-electron chi connectivity index (χ3n) is 16.3. The molecule has 0 aliphatic rings. The molecule has 72 heavy (non-hydrogen) atoms. The molecule has 0 rings (SSSR count). The Morgan fingerprint density at radius 2 is 0.472 bits per heavy atom. The first-order chi connectivity index (χ1) is 35.5. The summed E-state index contributed by atoms with van der Waals surface area (Å²) in [7, 11) is 0. The second kappa shape index (κ2) is 61.2. The van der Waals surface area contributed by atoms with E-state index in [4.69, 9.17) is 0 Å². The second-order valence-electron chi connectivity index (χ2n) is 23.5. The van der Waals surface area contributed by atoms with Crippen molar-refractivity contribution in [3.05, 3.63) is 0 Å². The molecule has 0 saturated carbocycles. The number of aliphatic hydroxyl groups excluding tert-OH is 4. The monoisotopic (exact) mass is 1020 g/mol. The van der Waals surface area contributed by atoms with Crippen molar-refractivity contribution in [1.29, 1.82) is 0 Å². The normalized spacial score (nSPS) is 13.5. The smallest absolute Gasteiger partial charge is 0.249 e. The molecule has 0 aromatic rings. The molecule has 432 valence electrons. The molecular formula is C66H133NO5. The number of carbonyl (C=O) groups is 1. The molecule has 0 aromatic carbocycles. The van der Waals surface area contributed by atoms with E-state index >= 15 is 0 Å². The van der Waals surface area contributed by atoms with E-state index in [1.165, 1.54) is 321 Å². The molecular weight excluding hydrogens is 887 g/mol. The zero-order valence-electron chi connectivity index (χ0n) is 49.2. The molecule has 0 aliphatic carbocycles. The Labute approximate surface area is 451 Å². The number of hydrogen-bond donors (Lipinski definition) is 5. The lowest BCUT2D eigenvalue weighted by atomic mass is 9.99. The van der Waals surface area contributed by atoms with E-state index in [9.17, 15) is 25.2 Å². The van der Waals surface area contributed by atoms with Crippen LogP contribution in [-0.4, -0.2) is 57.3 Å². The summed E-state index contributed by atoms with van der Waals surface area (Å²) in [4.78, 5) is 12.6. The van der Waals surface area contributed by atoms with Crippen LogP contribution in [0.5, 0.6) is 0 Å². The summed E-state index contributed by atoms with van der Waals surface area (Å²) >= 11 is 0. The van der Waals surface area contributed by atoms with E-state index in [2.05, 4.69) is 19.2 Å². The largest absolute Gasteiger partial charge is 0.394 e. The van der Waals surface area contributed by atoms with E-state index in [0.717, 1.165) is 38.5 Å². The van der Waals surface area contributed by atoms with Gasteiger partial charge >= 0.3 is 0 Å². The molecule has 0 spiro atoms. The highest BCUT2D eigenvalue weighted by atomic mass is 16.3. The first-order valence-electron chi connectivity index (χ1n) is 33.4. The molecule has 6 heteroatoms. The summed E-state index contributed by atoms with van der Waals surface area (Å²) < 4.78 is 0. The van der Waals surface area contributed by atoms with Crippen molar-refractivity contribution in [3.63, 3.8) is 0 Å². The average molecular weight is 1020 g/mol. The Morgan fingerprint density at radius 1 is 0.292 bits per heavy atom. The van der Waals surface area contributed by atoms with E-state index in [1.807, 2.05) is 0 Å². The van der Waals surface area contributed by atoms with Gasteiger partial charge in [0.2, 0.25) is 5.91 Å². The number of rotatable bonds is 63. The van der Waals surface area contributed by atoms with Crippen LogP contribution in [0.15, 0.2) is 0 Å². The van der Waals surface area contributed by atoms with E-state index in [-0.39, 0.29) is 0 Å². The van der Waals surface area contributed by atoms with Crippen molar-refractivity contribution >= 4 is 5.91 Å². The highest BCUT2D eigenvalue weighted by molar-refractivity contribution is 5.80. The zero-order chi connectivity index (χ0) is 52.3. The number of aliphatic hydroxyl groups is 4. The zero-order valence-corrected chi connectivity index (χ0v) is 49.2. The van der Waals surface area contributed by atoms with Gasteiger partial charge in [-0.1, -0.05) is 373 Å². The summed E-state index contributed by atoms with van der Waals surface area (Å²) in [6, 6.07) is -0.982. The van der Waals surface area contributed by atoms with Crippen LogP contribution in [0.2, 0.25) is 0 Å². The van der Waals surface area contributed by atoms with Gasteiger partial charge < -0.3 is 25.7 Å². The van der Waals surface area contributed by atoms with Crippen LogP contribution in [0.3, 0.4) is 0 Å². The van der Waals surface area contributed by atoms with Gasteiger partial charge in [-0.2, -0.15) is 0 Å². The summed E-state index contributed by atoms with van der Waals surface area (Å²) in [5.74, 6) is -0.574. The number of carbonyl (C=O) groups excluding carboxylic acids is 1. The van der Waals surface area contributed by atoms with Gasteiger partial charge in [-0.3, -0.25) is 4.79 Å². The Hall–Kier alpha value is -0.690. The van der Waals surface area contributed by atoms with Crippen LogP contribution in [0.4, 0.5) is 0 Å². The minimum absolute atomic E-state index is 0.377. The molecule has 0 bridgehead atoms. The van der Waals surface area contributed by atoms with Crippen molar-refractivity contribution in [2.24, 2.45) is 0 Å². The van der Waals surface area contributed by atoms with E-state index in [0.29, 0.717) is 12.8 Å². The summed E-state index contributed by atoms with van der Waals surface area (Å²) in [6.45, 7) is 4.12. The second-order valence-corrected chi connectivity index (χ2v) is 23.5.